The highest BCUT2D eigenvalue weighted by Crippen LogP contribution is 2.33. The zero-order valence-corrected chi connectivity index (χ0v) is 10.8. The van der Waals surface area contributed by atoms with Crippen LogP contribution in [0.1, 0.15) is 0 Å². The summed E-state index contributed by atoms with van der Waals surface area (Å²) in [6, 6.07) is -0.461. The van der Waals surface area contributed by atoms with Crippen molar-refractivity contribution in [3.8, 4) is 0 Å². The molecule has 1 saturated heterocycles. The van der Waals surface area contributed by atoms with Crippen molar-refractivity contribution in [3.05, 3.63) is 22.3 Å². The van der Waals surface area contributed by atoms with E-state index in [1.165, 1.54) is 5.06 Å². The maximum absolute atomic E-state index is 12.0. The van der Waals surface area contributed by atoms with E-state index < -0.39 is 0 Å². The lowest BCUT2D eigenvalue weighted by molar-refractivity contribution is -0.108. The summed E-state index contributed by atoms with van der Waals surface area (Å²) in [5, 5.41) is 10.6. The molecule has 0 radical (unpaired) electrons. The number of amides is 2. The molecule has 16 heavy (non-hydrogen) atoms. The Morgan fingerprint density at radius 3 is 3.12 bits per heavy atom. The van der Waals surface area contributed by atoms with Crippen LogP contribution in [0.5, 0.6) is 0 Å². The second-order valence-electron chi connectivity index (χ2n) is 3.66. The molecule has 0 aliphatic carbocycles. The monoisotopic (exact) mass is 336 g/mol. The molecule has 2 heterocycles. The van der Waals surface area contributed by atoms with Crippen molar-refractivity contribution in [2.45, 2.75) is 12.1 Å². The molecule has 0 aromatic carbocycles. The number of aliphatic hydroxyl groups excluding tert-OH is 1. The number of hydroxylamine groups is 2. The lowest BCUT2D eigenvalue weighted by atomic mass is 10.1. The molecule has 5 nitrogen and oxygen atoms in total. The van der Waals surface area contributed by atoms with Crippen molar-refractivity contribution in [2.75, 3.05) is 19.8 Å². The van der Waals surface area contributed by atoms with Crippen LogP contribution >= 0.6 is 22.6 Å². The fraction of sp³-hybridized carbons (Fsp3) is 0.500. The third-order valence-corrected chi connectivity index (χ3v) is 3.75. The molecule has 2 aliphatic heterocycles. The fourth-order valence-corrected chi connectivity index (χ4v) is 2.75. The Labute approximate surface area is 107 Å². The molecule has 88 valence electrons. The first-order chi connectivity index (χ1) is 7.69. The molecular weight excluding hydrogens is 323 g/mol. The minimum absolute atomic E-state index is 0.0455. The van der Waals surface area contributed by atoms with Crippen LogP contribution in [0.3, 0.4) is 0 Å². The number of hydrogen-bond acceptors (Lipinski definition) is 3. The Bertz CT molecular complexity index is 345. The van der Waals surface area contributed by atoms with Crippen LogP contribution in [0.2, 0.25) is 0 Å². The number of rotatable bonds is 4. The Kier molecular flexibility index (Phi) is 3.50. The number of hydrogen-bond donors (Lipinski definition) is 1. The number of carbonyl (C=O) groups excluding carboxylic acids is 1. The molecule has 0 spiro atoms. The van der Waals surface area contributed by atoms with Crippen LogP contribution in [-0.2, 0) is 4.84 Å². The standard InChI is InChI=1S/C10H13IN2O3/c1-2-3-16-13-9-5-12(10(13)15)7(6-14)4-8(9)11/h2,4,7,9,14H,1,3,5-6H2/t7-,9-/m1/s1. The van der Waals surface area contributed by atoms with Gasteiger partial charge in [0.15, 0.2) is 0 Å². The van der Waals surface area contributed by atoms with Gasteiger partial charge in [-0.15, -0.1) is 6.58 Å². The van der Waals surface area contributed by atoms with Gasteiger partial charge in [0.2, 0.25) is 0 Å². The number of halogens is 1. The van der Waals surface area contributed by atoms with Crippen LogP contribution in [0.25, 0.3) is 0 Å². The smallest absolute Gasteiger partial charge is 0.345 e. The predicted molar refractivity (Wildman–Crippen MR) is 66.9 cm³/mol. The van der Waals surface area contributed by atoms with E-state index in [1.54, 1.807) is 11.0 Å². The molecule has 2 bridgehead atoms. The van der Waals surface area contributed by atoms with Gasteiger partial charge in [-0.3, -0.25) is 4.84 Å². The molecule has 2 atom stereocenters. The van der Waals surface area contributed by atoms with E-state index in [0.29, 0.717) is 13.2 Å². The van der Waals surface area contributed by atoms with Gasteiger partial charge in [-0.2, -0.15) is 5.06 Å². The van der Waals surface area contributed by atoms with Crippen LogP contribution in [0.15, 0.2) is 22.3 Å². The Balaban J connectivity index is 2.18. The fourth-order valence-electron chi connectivity index (χ4n) is 1.89. The normalized spacial score (nSPS) is 28.4. The van der Waals surface area contributed by atoms with Gasteiger partial charge < -0.3 is 10.0 Å². The van der Waals surface area contributed by atoms with Gasteiger partial charge in [-0.25, -0.2) is 4.79 Å². The van der Waals surface area contributed by atoms with Gasteiger partial charge in [0.25, 0.3) is 0 Å². The lowest BCUT2D eigenvalue weighted by Crippen LogP contribution is -2.40. The third-order valence-electron chi connectivity index (χ3n) is 2.68. The summed E-state index contributed by atoms with van der Waals surface area (Å²) < 4.78 is 1.03. The summed E-state index contributed by atoms with van der Waals surface area (Å²) in [6.45, 7) is 4.38. The molecule has 2 aliphatic rings. The molecule has 1 fully saturated rings. The summed E-state index contributed by atoms with van der Waals surface area (Å²) in [4.78, 5) is 18.9. The highest BCUT2D eigenvalue weighted by atomic mass is 127. The average Bonchev–Trinajstić information content (AvgIpc) is 2.57. The van der Waals surface area contributed by atoms with Gasteiger partial charge in [-0.05, 0) is 28.7 Å². The maximum Gasteiger partial charge on any atom is 0.345 e. The van der Waals surface area contributed by atoms with Gasteiger partial charge >= 0.3 is 6.03 Å². The number of aliphatic hydroxyl groups is 1. The SMILES string of the molecule is C=CCON1C(=O)N2C[C@@H]1C(I)=C[C@@H]2CO. The Morgan fingerprint density at radius 1 is 1.75 bits per heavy atom. The molecule has 2 amide bonds. The minimum atomic E-state index is -0.229. The van der Waals surface area contributed by atoms with Gasteiger partial charge in [0.05, 0.1) is 25.8 Å². The zero-order valence-electron chi connectivity index (χ0n) is 8.67. The molecule has 0 unspecified atom stereocenters. The quantitative estimate of drug-likeness (QED) is 0.613. The second-order valence-corrected chi connectivity index (χ2v) is 4.91. The molecule has 1 N–H and O–H groups in total. The van der Waals surface area contributed by atoms with Crippen molar-refractivity contribution < 1.29 is 14.7 Å². The minimum Gasteiger partial charge on any atom is -0.394 e. The first-order valence-corrected chi connectivity index (χ1v) is 6.08. The molecule has 6 heteroatoms. The summed E-state index contributed by atoms with van der Waals surface area (Å²) in [7, 11) is 0. The highest BCUT2D eigenvalue weighted by Gasteiger charge is 2.45. The van der Waals surface area contributed by atoms with Crippen molar-refractivity contribution in [3.63, 3.8) is 0 Å². The zero-order chi connectivity index (χ0) is 11.7. The van der Waals surface area contributed by atoms with Crippen LogP contribution in [0.4, 0.5) is 4.79 Å². The lowest BCUT2D eigenvalue weighted by Gasteiger charge is -2.25. The number of nitrogens with zero attached hydrogens (tertiary/aromatic N) is 2. The third kappa shape index (κ3) is 1.85. The van der Waals surface area contributed by atoms with E-state index in [1.807, 2.05) is 6.08 Å². The van der Waals surface area contributed by atoms with Crippen molar-refractivity contribution >= 4 is 28.6 Å². The van der Waals surface area contributed by atoms with Gasteiger partial charge in [0.1, 0.15) is 6.04 Å². The van der Waals surface area contributed by atoms with E-state index >= 15 is 0 Å². The van der Waals surface area contributed by atoms with E-state index in [0.717, 1.165) is 3.58 Å². The van der Waals surface area contributed by atoms with Gasteiger partial charge in [0, 0.05) is 3.58 Å². The first-order valence-electron chi connectivity index (χ1n) is 5.00. The van der Waals surface area contributed by atoms with Crippen LogP contribution < -0.4 is 0 Å². The Hall–Kier alpha value is -0.600. The predicted octanol–water partition coefficient (Wildman–Crippen LogP) is 0.904. The van der Waals surface area contributed by atoms with Crippen molar-refractivity contribution in [1.29, 1.82) is 0 Å². The highest BCUT2D eigenvalue weighted by molar-refractivity contribution is 14.1. The molecule has 0 aromatic rings. The van der Waals surface area contributed by atoms with Crippen LogP contribution in [-0.4, -0.2) is 52.9 Å². The largest absolute Gasteiger partial charge is 0.394 e. The number of urea groups is 1. The summed E-state index contributed by atoms with van der Waals surface area (Å²) in [5.74, 6) is 0. The van der Waals surface area contributed by atoms with E-state index in [9.17, 15) is 9.90 Å². The van der Waals surface area contributed by atoms with Crippen LogP contribution in [0, 0.1) is 0 Å². The summed E-state index contributed by atoms with van der Waals surface area (Å²) >= 11 is 2.18. The summed E-state index contributed by atoms with van der Waals surface area (Å²) in [5.41, 5.74) is 0. The molecule has 0 aromatic heterocycles. The van der Waals surface area contributed by atoms with E-state index in [-0.39, 0.29) is 24.7 Å². The second kappa shape index (κ2) is 4.72. The average molecular weight is 336 g/mol. The topological polar surface area (TPSA) is 53.0 Å². The number of fused-ring (bicyclic) bond motifs is 2. The van der Waals surface area contributed by atoms with E-state index in [2.05, 4.69) is 29.2 Å². The van der Waals surface area contributed by atoms with Crippen molar-refractivity contribution in [2.24, 2.45) is 0 Å². The van der Waals surface area contributed by atoms with E-state index in [4.69, 9.17) is 4.84 Å². The summed E-state index contributed by atoms with van der Waals surface area (Å²) in [6.07, 6.45) is 3.51. The first kappa shape index (κ1) is 11.9. The van der Waals surface area contributed by atoms with Crippen molar-refractivity contribution in [1.82, 2.24) is 9.96 Å². The maximum atomic E-state index is 12.0. The molecular formula is C10H13IN2O3. The molecule has 2 rings (SSSR count). The number of carbonyl (C=O) groups is 1. The van der Waals surface area contributed by atoms with Gasteiger partial charge in [-0.1, -0.05) is 6.08 Å². The molecule has 0 saturated carbocycles. The Morgan fingerprint density at radius 2 is 2.50 bits per heavy atom.